The molecule has 3 atom stereocenters. The van der Waals surface area contributed by atoms with Gasteiger partial charge in [-0.2, -0.15) is 0 Å². The zero-order chi connectivity index (χ0) is 32.0. The maximum absolute atomic E-state index is 12.2. The van der Waals surface area contributed by atoms with Gasteiger partial charge in [0.2, 0.25) is 0 Å². The number of carbonyl (C=O) groups excluding carboxylic acids is 2. The normalized spacial score (nSPS) is 14.3. The fraction of sp³-hybridized carbons (Fsp3) is 0.938. The minimum absolute atomic E-state index is 0.197. The molecule has 0 rings (SSSR count). The van der Waals surface area contributed by atoms with Gasteiger partial charge in [0, 0.05) is 12.8 Å². The lowest BCUT2D eigenvalue weighted by molar-refractivity contribution is -0.153. The van der Waals surface area contributed by atoms with Gasteiger partial charge in [0.15, 0.2) is 0 Å². The molecule has 0 aromatic heterocycles. The third-order valence-electron chi connectivity index (χ3n) is 7.32. The third kappa shape index (κ3) is 28.2. The van der Waals surface area contributed by atoms with Crippen molar-refractivity contribution in [2.45, 2.75) is 167 Å². The number of hydrogen-bond donors (Lipinski definition) is 3. The Morgan fingerprint density at radius 1 is 0.535 bits per heavy atom. The van der Waals surface area contributed by atoms with Crippen molar-refractivity contribution in [1.82, 2.24) is 0 Å². The molecule has 0 fully saturated rings. The molecule has 0 spiro atoms. The van der Waals surface area contributed by atoms with E-state index in [1.54, 1.807) is 0 Å². The van der Waals surface area contributed by atoms with Crippen LogP contribution in [-0.4, -0.2) is 65.7 Å². The minimum atomic E-state index is -4.61. The predicted molar refractivity (Wildman–Crippen MR) is 169 cm³/mol. The second kappa shape index (κ2) is 29.7. The maximum Gasteiger partial charge on any atom is 0.472 e. The molecular formula is C32H63O10P. The monoisotopic (exact) mass is 638 g/mol. The Kier molecular flexibility index (Phi) is 29.0. The van der Waals surface area contributed by atoms with E-state index in [-0.39, 0.29) is 12.8 Å². The first-order valence-electron chi connectivity index (χ1n) is 17.0. The summed E-state index contributed by atoms with van der Waals surface area (Å²) in [5, 5.41) is 19.0. The van der Waals surface area contributed by atoms with E-state index >= 15 is 0 Å². The number of aliphatic hydroxyl groups is 2. The number of hydrogen-bond acceptors (Lipinski definition) is 9. The molecule has 0 radical (unpaired) electrons. The lowest BCUT2D eigenvalue weighted by Crippen LogP contribution is -2.28. The highest BCUT2D eigenvalue weighted by atomic mass is 31.2. The minimum Gasteiger partial charge on any atom is -0.457 e. The summed E-state index contributed by atoms with van der Waals surface area (Å²) < 4.78 is 32.3. The smallest absolute Gasteiger partial charge is 0.457 e. The van der Waals surface area contributed by atoms with Gasteiger partial charge in [0.05, 0.1) is 26.4 Å². The van der Waals surface area contributed by atoms with E-state index < -0.39 is 58.4 Å². The Balaban J connectivity index is 4.03. The van der Waals surface area contributed by atoms with Crippen LogP contribution in [-0.2, 0) is 32.7 Å². The highest BCUT2D eigenvalue weighted by molar-refractivity contribution is 7.47. The number of unbranched alkanes of at least 4 members (excludes halogenated alkanes) is 18. The largest absolute Gasteiger partial charge is 0.472 e. The highest BCUT2D eigenvalue weighted by Crippen LogP contribution is 2.43. The average molecular weight is 639 g/mol. The van der Waals surface area contributed by atoms with Crippen LogP contribution in [0.1, 0.15) is 155 Å². The van der Waals surface area contributed by atoms with E-state index in [1.165, 1.54) is 77.0 Å². The van der Waals surface area contributed by atoms with Crippen LogP contribution in [0.2, 0.25) is 0 Å². The first-order chi connectivity index (χ1) is 20.8. The van der Waals surface area contributed by atoms with Crippen LogP contribution in [0.4, 0.5) is 0 Å². The summed E-state index contributed by atoms with van der Waals surface area (Å²) in [6.07, 6.45) is 21.0. The lowest BCUT2D eigenvalue weighted by atomic mass is 10.1. The van der Waals surface area contributed by atoms with E-state index in [0.29, 0.717) is 12.8 Å². The number of carbonyl (C=O) groups is 2. The summed E-state index contributed by atoms with van der Waals surface area (Å²) >= 11 is 0. The van der Waals surface area contributed by atoms with Gasteiger partial charge in [-0.05, 0) is 12.8 Å². The van der Waals surface area contributed by atoms with Crippen LogP contribution in [0, 0.1) is 0 Å². The summed E-state index contributed by atoms with van der Waals surface area (Å²) in [6, 6.07) is 0. The predicted octanol–water partition coefficient (Wildman–Crippen LogP) is 7.55. The Bertz CT molecular complexity index is 706. The number of esters is 2. The molecule has 3 N–H and O–H groups in total. The van der Waals surface area contributed by atoms with Gasteiger partial charge in [-0.1, -0.05) is 129 Å². The molecule has 10 nitrogen and oxygen atoms in total. The van der Waals surface area contributed by atoms with E-state index in [0.717, 1.165) is 38.5 Å². The van der Waals surface area contributed by atoms with Crippen LogP contribution in [0.3, 0.4) is 0 Å². The second-order valence-electron chi connectivity index (χ2n) is 11.5. The zero-order valence-electron chi connectivity index (χ0n) is 27.2. The lowest BCUT2D eigenvalue weighted by Gasteiger charge is -2.20. The summed E-state index contributed by atoms with van der Waals surface area (Å²) in [5.74, 6) is -1.02. The molecule has 0 aliphatic rings. The number of rotatable bonds is 32. The molecule has 0 saturated carbocycles. The molecule has 0 heterocycles. The molecule has 0 amide bonds. The standard InChI is InChI=1S/C32H63O10P/c1-3-5-7-9-11-13-14-16-18-20-22-24-32(36)42-30(26-34)28-40-43(37,38)39-27-29(25-33)41-31(35)23-21-19-17-15-12-10-8-6-4-2/h29-30,33-34H,3-28H2,1-2H3,(H,37,38). The van der Waals surface area contributed by atoms with Gasteiger partial charge < -0.3 is 24.6 Å². The van der Waals surface area contributed by atoms with Crippen LogP contribution >= 0.6 is 7.82 Å². The molecule has 0 saturated heterocycles. The molecule has 3 unspecified atom stereocenters. The quantitative estimate of drug-likeness (QED) is 0.0383. The van der Waals surface area contributed by atoms with Crippen molar-refractivity contribution in [1.29, 1.82) is 0 Å². The fourth-order valence-electron chi connectivity index (χ4n) is 4.64. The Labute approximate surface area is 261 Å². The molecule has 0 aliphatic heterocycles. The topological polar surface area (TPSA) is 149 Å². The summed E-state index contributed by atoms with van der Waals surface area (Å²) in [5.41, 5.74) is 0. The molecular weight excluding hydrogens is 575 g/mol. The molecule has 0 aromatic carbocycles. The first kappa shape index (κ1) is 42.0. The number of phosphoric acid groups is 1. The van der Waals surface area contributed by atoms with E-state index in [2.05, 4.69) is 13.8 Å². The Morgan fingerprint density at radius 2 is 0.814 bits per heavy atom. The van der Waals surface area contributed by atoms with Gasteiger partial charge in [-0.25, -0.2) is 4.57 Å². The molecule has 0 aliphatic carbocycles. The van der Waals surface area contributed by atoms with Crippen LogP contribution in [0.15, 0.2) is 0 Å². The van der Waals surface area contributed by atoms with Crippen molar-refractivity contribution in [3.63, 3.8) is 0 Å². The maximum atomic E-state index is 12.2. The van der Waals surface area contributed by atoms with Gasteiger partial charge in [0.1, 0.15) is 12.2 Å². The van der Waals surface area contributed by atoms with Crippen molar-refractivity contribution in [3.8, 4) is 0 Å². The van der Waals surface area contributed by atoms with Crippen LogP contribution in [0.5, 0.6) is 0 Å². The van der Waals surface area contributed by atoms with Crippen LogP contribution < -0.4 is 0 Å². The van der Waals surface area contributed by atoms with E-state index in [9.17, 15) is 29.3 Å². The fourth-order valence-corrected chi connectivity index (χ4v) is 5.43. The number of ether oxygens (including phenoxy) is 2. The second-order valence-corrected chi connectivity index (χ2v) is 13.0. The first-order valence-corrected chi connectivity index (χ1v) is 18.5. The Hall–Kier alpha value is -1.03. The van der Waals surface area contributed by atoms with Crippen molar-refractivity contribution in [2.75, 3.05) is 26.4 Å². The average Bonchev–Trinajstić information content (AvgIpc) is 2.99. The van der Waals surface area contributed by atoms with Crippen molar-refractivity contribution in [2.24, 2.45) is 0 Å². The highest BCUT2D eigenvalue weighted by Gasteiger charge is 2.27. The van der Waals surface area contributed by atoms with Gasteiger partial charge in [0.25, 0.3) is 0 Å². The summed E-state index contributed by atoms with van der Waals surface area (Å²) in [6.45, 7) is 2.15. The molecule has 43 heavy (non-hydrogen) atoms. The van der Waals surface area contributed by atoms with Gasteiger partial charge in [-0.3, -0.25) is 18.6 Å². The molecule has 11 heteroatoms. The van der Waals surface area contributed by atoms with E-state index in [1.807, 2.05) is 0 Å². The SMILES string of the molecule is CCCCCCCCCCCCCC(=O)OC(CO)COP(=O)(O)OCC(CO)OC(=O)CCCCCCCCCCC. The van der Waals surface area contributed by atoms with Crippen LogP contribution in [0.25, 0.3) is 0 Å². The summed E-state index contributed by atoms with van der Waals surface area (Å²) in [4.78, 5) is 34.1. The van der Waals surface area contributed by atoms with Crippen molar-refractivity contribution in [3.05, 3.63) is 0 Å². The summed E-state index contributed by atoms with van der Waals surface area (Å²) in [7, 11) is -4.61. The van der Waals surface area contributed by atoms with Gasteiger partial charge >= 0.3 is 19.8 Å². The van der Waals surface area contributed by atoms with Crippen molar-refractivity contribution < 1.29 is 47.8 Å². The van der Waals surface area contributed by atoms with Crippen molar-refractivity contribution >= 4 is 19.8 Å². The number of aliphatic hydroxyl groups excluding tert-OH is 2. The Morgan fingerprint density at radius 3 is 1.09 bits per heavy atom. The molecule has 0 bridgehead atoms. The van der Waals surface area contributed by atoms with Gasteiger partial charge in [-0.15, -0.1) is 0 Å². The number of phosphoric ester groups is 1. The molecule has 256 valence electrons. The zero-order valence-corrected chi connectivity index (χ0v) is 28.1. The molecule has 0 aromatic rings. The van der Waals surface area contributed by atoms with E-state index in [4.69, 9.17) is 18.5 Å². The third-order valence-corrected chi connectivity index (χ3v) is 8.27.